The summed E-state index contributed by atoms with van der Waals surface area (Å²) < 4.78 is 5.11. The molecule has 1 aromatic heterocycles. The average molecular weight is 299 g/mol. The maximum Gasteiger partial charge on any atom is 0.328 e. The highest BCUT2D eigenvalue weighted by Gasteiger charge is 2.44. The molecule has 20 heavy (non-hydrogen) atoms. The van der Waals surface area contributed by atoms with Gasteiger partial charge in [-0.3, -0.25) is 0 Å². The van der Waals surface area contributed by atoms with Gasteiger partial charge in [-0.2, -0.15) is 11.8 Å². The van der Waals surface area contributed by atoms with Crippen LogP contribution in [-0.4, -0.2) is 46.3 Å². The molecule has 0 bridgehead atoms. The Hall–Kier alpha value is -1.21. The molecule has 6 nitrogen and oxygen atoms in total. The molecule has 2 atom stereocenters. The van der Waals surface area contributed by atoms with Crippen LogP contribution in [0.4, 0.5) is 10.6 Å². The van der Waals surface area contributed by atoms with Gasteiger partial charge in [0.15, 0.2) is 17.8 Å². The maximum absolute atomic E-state index is 12.3. The fraction of sp³-hybridized carbons (Fsp3) is 0.692. The summed E-state index contributed by atoms with van der Waals surface area (Å²) >= 11 is 1.63. The topological polar surface area (TPSA) is 69.8 Å². The monoisotopic (exact) mass is 299 g/mol. The molecule has 2 rings (SSSR count). The lowest BCUT2D eigenvalue weighted by atomic mass is 10.1. The van der Waals surface area contributed by atoms with Crippen LogP contribution in [0.15, 0.2) is 10.6 Å². The highest BCUT2D eigenvalue weighted by atomic mass is 32.2. The number of carbonyl (C=O) groups excluding carboxylic acids is 1. The summed E-state index contributed by atoms with van der Waals surface area (Å²) in [5.41, 5.74) is 0. The zero-order valence-corrected chi connectivity index (χ0v) is 13.3. The number of aliphatic hydroxyl groups excluding tert-OH is 1. The number of anilines is 1. The van der Waals surface area contributed by atoms with Crippen LogP contribution in [0.1, 0.15) is 33.5 Å². The van der Waals surface area contributed by atoms with Gasteiger partial charge in [-0.1, -0.05) is 5.16 Å². The third-order valence-corrected chi connectivity index (χ3v) is 5.05. The van der Waals surface area contributed by atoms with Crippen molar-refractivity contribution < 1.29 is 14.4 Å². The molecule has 0 aromatic carbocycles. The Bertz CT molecular complexity index is 503. The van der Waals surface area contributed by atoms with Crippen LogP contribution in [0.2, 0.25) is 0 Å². The second-order valence-electron chi connectivity index (χ2n) is 5.36. The minimum absolute atomic E-state index is 0.227. The molecule has 0 spiro atoms. The van der Waals surface area contributed by atoms with Crippen LogP contribution in [-0.2, 0) is 4.75 Å². The van der Waals surface area contributed by atoms with E-state index in [4.69, 9.17) is 4.52 Å². The van der Waals surface area contributed by atoms with Gasteiger partial charge < -0.3 is 14.5 Å². The van der Waals surface area contributed by atoms with Gasteiger partial charge in [0.05, 0.1) is 10.8 Å². The number of rotatable bonds is 4. The van der Waals surface area contributed by atoms with E-state index >= 15 is 0 Å². The van der Waals surface area contributed by atoms with Gasteiger partial charge >= 0.3 is 6.03 Å². The maximum atomic E-state index is 12.3. The molecule has 2 unspecified atom stereocenters. The number of aliphatic hydroxyl groups is 1. The summed E-state index contributed by atoms with van der Waals surface area (Å²) in [6, 6.07) is 1.22. The van der Waals surface area contributed by atoms with Crippen LogP contribution < -0.4 is 4.90 Å². The molecule has 0 saturated carbocycles. The summed E-state index contributed by atoms with van der Waals surface area (Å²) in [6.07, 6.45) is 1.08. The van der Waals surface area contributed by atoms with E-state index in [2.05, 4.69) is 5.16 Å². The molecule has 1 saturated heterocycles. The molecule has 0 radical (unpaired) electrons. The Morgan fingerprint density at radius 3 is 2.70 bits per heavy atom. The Labute approximate surface area is 123 Å². The van der Waals surface area contributed by atoms with E-state index in [0.29, 0.717) is 18.1 Å². The molecule has 1 aliphatic heterocycles. The van der Waals surface area contributed by atoms with Crippen LogP contribution in [0.3, 0.4) is 0 Å². The smallest absolute Gasteiger partial charge is 0.328 e. The van der Waals surface area contributed by atoms with Crippen molar-refractivity contribution in [1.29, 1.82) is 0 Å². The summed E-state index contributed by atoms with van der Waals surface area (Å²) in [5, 5.41) is 14.2. The summed E-state index contributed by atoms with van der Waals surface area (Å²) in [6.45, 7) is 8.29. The lowest BCUT2D eigenvalue weighted by molar-refractivity contribution is 0.130. The summed E-state index contributed by atoms with van der Waals surface area (Å²) in [7, 11) is 0. The van der Waals surface area contributed by atoms with Crippen LogP contribution >= 0.6 is 11.8 Å². The van der Waals surface area contributed by atoms with Gasteiger partial charge in [0, 0.05) is 12.6 Å². The standard InChI is InChI=1S/C13H21N3O3S/c1-6-15-8(2)11(17)16(12(15)18)10-7-9(19-14-10)13(3,4)20-5/h7-8,11,17H,6H2,1-5H3. The number of hydrogen-bond acceptors (Lipinski definition) is 5. The van der Waals surface area contributed by atoms with Crippen molar-refractivity contribution in [3.8, 4) is 0 Å². The second kappa shape index (κ2) is 5.29. The van der Waals surface area contributed by atoms with Crippen molar-refractivity contribution in [3.63, 3.8) is 0 Å². The predicted molar refractivity (Wildman–Crippen MR) is 78.8 cm³/mol. The number of likely N-dealkylation sites (N-methyl/N-ethyl adjacent to an activating group) is 1. The van der Waals surface area contributed by atoms with Crippen LogP contribution in [0.25, 0.3) is 0 Å². The van der Waals surface area contributed by atoms with Gasteiger partial charge in [0.1, 0.15) is 0 Å². The normalized spacial score (nSPS) is 23.8. The molecule has 1 N–H and O–H groups in total. The first-order valence-electron chi connectivity index (χ1n) is 6.63. The van der Waals surface area contributed by atoms with Gasteiger partial charge in [-0.15, -0.1) is 0 Å². The Morgan fingerprint density at radius 1 is 1.55 bits per heavy atom. The zero-order chi connectivity index (χ0) is 15.1. The van der Waals surface area contributed by atoms with Gasteiger partial charge in [-0.25, -0.2) is 9.69 Å². The number of aromatic nitrogens is 1. The lowest BCUT2D eigenvalue weighted by Gasteiger charge is -2.18. The van der Waals surface area contributed by atoms with Gasteiger partial charge in [0.25, 0.3) is 0 Å². The fourth-order valence-corrected chi connectivity index (χ4v) is 2.52. The van der Waals surface area contributed by atoms with E-state index < -0.39 is 6.23 Å². The SMILES string of the molecule is CCN1C(=O)N(c2cc(C(C)(C)SC)on2)C(O)C1C. The van der Waals surface area contributed by atoms with E-state index in [9.17, 15) is 9.90 Å². The van der Waals surface area contributed by atoms with E-state index in [1.54, 1.807) is 22.7 Å². The molecular formula is C13H21N3O3S. The highest BCUT2D eigenvalue weighted by Crippen LogP contribution is 2.36. The molecule has 0 aliphatic carbocycles. The first-order valence-corrected chi connectivity index (χ1v) is 7.86. The highest BCUT2D eigenvalue weighted by molar-refractivity contribution is 7.99. The quantitative estimate of drug-likeness (QED) is 0.923. The Morgan fingerprint density at radius 2 is 2.20 bits per heavy atom. The van der Waals surface area contributed by atoms with E-state index in [0.717, 1.165) is 0 Å². The molecule has 2 amide bonds. The van der Waals surface area contributed by atoms with Gasteiger partial charge in [-0.05, 0) is 34.0 Å². The first-order chi connectivity index (χ1) is 9.33. The predicted octanol–water partition coefficient (Wildman–Crippen LogP) is 2.24. The van der Waals surface area contributed by atoms with Crippen molar-refractivity contribution in [2.75, 3.05) is 17.7 Å². The summed E-state index contributed by atoms with van der Waals surface area (Å²) in [4.78, 5) is 15.2. The third kappa shape index (κ3) is 2.29. The fourth-order valence-electron chi connectivity index (χ4n) is 2.22. The molecule has 7 heteroatoms. The zero-order valence-electron chi connectivity index (χ0n) is 12.5. The number of urea groups is 1. The van der Waals surface area contributed by atoms with E-state index in [1.807, 2.05) is 34.0 Å². The number of hydrogen-bond donors (Lipinski definition) is 1. The summed E-state index contributed by atoms with van der Waals surface area (Å²) in [5.74, 6) is 1.05. The van der Waals surface area contributed by atoms with Crippen molar-refractivity contribution in [2.45, 2.75) is 44.7 Å². The minimum Gasteiger partial charge on any atom is -0.371 e. The number of carbonyl (C=O) groups is 1. The van der Waals surface area contributed by atoms with Gasteiger partial charge in [0.2, 0.25) is 0 Å². The van der Waals surface area contributed by atoms with E-state index in [-0.39, 0.29) is 16.8 Å². The largest absolute Gasteiger partial charge is 0.371 e. The lowest BCUT2D eigenvalue weighted by Crippen LogP contribution is -2.35. The minimum atomic E-state index is -0.905. The Kier molecular flexibility index (Phi) is 4.02. The van der Waals surface area contributed by atoms with E-state index in [1.165, 1.54) is 4.90 Å². The number of amides is 2. The van der Waals surface area contributed by atoms with Crippen molar-refractivity contribution >= 4 is 23.6 Å². The van der Waals surface area contributed by atoms with Crippen molar-refractivity contribution in [3.05, 3.63) is 11.8 Å². The van der Waals surface area contributed by atoms with Crippen LogP contribution in [0.5, 0.6) is 0 Å². The third-order valence-electron chi connectivity index (χ3n) is 3.83. The number of nitrogens with zero attached hydrogens (tertiary/aromatic N) is 3. The molecule has 1 aromatic rings. The second-order valence-corrected chi connectivity index (χ2v) is 6.79. The molecule has 2 heterocycles. The van der Waals surface area contributed by atoms with Crippen LogP contribution in [0, 0.1) is 0 Å². The average Bonchev–Trinajstić information content (AvgIpc) is 2.96. The molecular weight excluding hydrogens is 278 g/mol. The Balaban J connectivity index is 2.31. The molecule has 112 valence electrons. The number of thioether (sulfide) groups is 1. The van der Waals surface area contributed by atoms with Crippen molar-refractivity contribution in [1.82, 2.24) is 10.1 Å². The molecule has 1 fully saturated rings. The first kappa shape index (κ1) is 15.2. The van der Waals surface area contributed by atoms with Crippen molar-refractivity contribution in [2.24, 2.45) is 0 Å². The molecule has 1 aliphatic rings.